The monoisotopic (exact) mass is 208 g/mol. The van der Waals surface area contributed by atoms with E-state index >= 15 is 0 Å². The number of aryl methyl sites for hydroxylation is 1. The van der Waals surface area contributed by atoms with Crippen LogP contribution in [0, 0.1) is 0 Å². The maximum atomic E-state index is 9.30. The van der Waals surface area contributed by atoms with Gasteiger partial charge in [0, 0.05) is 0 Å². The number of aliphatic hydroxyl groups is 1. The quantitative estimate of drug-likeness (QED) is 0.806. The van der Waals surface area contributed by atoms with Crippen molar-refractivity contribution in [3.63, 3.8) is 0 Å². The first-order valence-corrected chi connectivity index (χ1v) is 5.57. The van der Waals surface area contributed by atoms with Crippen molar-refractivity contribution < 1.29 is 9.84 Å². The molecule has 2 heteroatoms. The zero-order chi connectivity index (χ0) is 11.3. The molecule has 1 rings (SSSR count). The molecule has 1 unspecified atom stereocenters. The first kappa shape index (κ1) is 12.1. The largest absolute Gasteiger partial charge is 0.488 e. The second-order valence-corrected chi connectivity index (χ2v) is 3.96. The van der Waals surface area contributed by atoms with Crippen LogP contribution in [-0.2, 0) is 6.42 Å². The third-order valence-electron chi connectivity index (χ3n) is 2.46. The van der Waals surface area contributed by atoms with E-state index in [4.69, 9.17) is 4.74 Å². The van der Waals surface area contributed by atoms with E-state index in [1.807, 2.05) is 19.1 Å². The van der Waals surface area contributed by atoms with Gasteiger partial charge in [-0.15, -0.1) is 0 Å². The predicted octanol–water partition coefficient (Wildman–Crippen LogP) is 2.79. The molecule has 0 fully saturated rings. The minimum Gasteiger partial charge on any atom is -0.488 e. The van der Waals surface area contributed by atoms with Gasteiger partial charge in [0.1, 0.15) is 11.9 Å². The lowest BCUT2D eigenvalue weighted by atomic mass is 10.1. The van der Waals surface area contributed by atoms with Gasteiger partial charge < -0.3 is 9.84 Å². The minimum atomic E-state index is -0.444. The van der Waals surface area contributed by atoms with Crippen molar-refractivity contribution in [3.8, 4) is 5.75 Å². The summed E-state index contributed by atoms with van der Waals surface area (Å²) in [4.78, 5) is 0. The SMILES string of the molecule is CCCc1ccc(OC(C)[C@@H](C)O)cc1. The van der Waals surface area contributed by atoms with Crippen molar-refractivity contribution in [1.29, 1.82) is 0 Å². The molecular weight excluding hydrogens is 188 g/mol. The molecule has 0 bridgehead atoms. The van der Waals surface area contributed by atoms with Crippen LogP contribution in [0.2, 0.25) is 0 Å². The Morgan fingerprint density at radius 1 is 1.20 bits per heavy atom. The predicted molar refractivity (Wildman–Crippen MR) is 62.2 cm³/mol. The smallest absolute Gasteiger partial charge is 0.121 e. The van der Waals surface area contributed by atoms with Crippen LogP contribution in [0.4, 0.5) is 0 Å². The molecule has 0 aliphatic rings. The summed E-state index contributed by atoms with van der Waals surface area (Å²) in [5.74, 6) is 0.822. The molecule has 15 heavy (non-hydrogen) atoms. The Labute approximate surface area is 91.9 Å². The Kier molecular flexibility index (Phi) is 4.63. The normalized spacial score (nSPS) is 14.7. The van der Waals surface area contributed by atoms with Gasteiger partial charge in [0.05, 0.1) is 6.10 Å². The Morgan fingerprint density at radius 2 is 1.80 bits per heavy atom. The van der Waals surface area contributed by atoms with Crippen LogP contribution in [0.25, 0.3) is 0 Å². The van der Waals surface area contributed by atoms with Gasteiger partial charge >= 0.3 is 0 Å². The van der Waals surface area contributed by atoms with Gasteiger partial charge in [-0.05, 0) is 38.0 Å². The summed E-state index contributed by atoms with van der Waals surface area (Å²) in [6.07, 6.45) is 1.65. The number of ether oxygens (including phenoxy) is 1. The molecule has 2 atom stereocenters. The topological polar surface area (TPSA) is 29.5 Å². The maximum Gasteiger partial charge on any atom is 0.121 e. The first-order valence-electron chi connectivity index (χ1n) is 5.57. The van der Waals surface area contributed by atoms with Gasteiger partial charge in [0.2, 0.25) is 0 Å². The lowest BCUT2D eigenvalue weighted by Crippen LogP contribution is -2.25. The molecule has 0 spiro atoms. The lowest BCUT2D eigenvalue weighted by Gasteiger charge is -2.17. The van der Waals surface area contributed by atoms with Gasteiger partial charge in [0.15, 0.2) is 0 Å². The highest BCUT2D eigenvalue weighted by Gasteiger charge is 2.09. The highest BCUT2D eigenvalue weighted by Crippen LogP contribution is 2.15. The zero-order valence-electron chi connectivity index (χ0n) is 9.73. The average molecular weight is 208 g/mol. The second kappa shape index (κ2) is 5.76. The summed E-state index contributed by atoms with van der Waals surface area (Å²) >= 11 is 0. The van der Waals surface area contributed by atoms with Crippen LogP contribution in [0.15, 0.2) is 24.3 Å². The molecule has 0 heterocycles. The van der Waals surface area contributed by atoms with Gasteiger partial charge in [-0.25, -0.2) is 0 Å². The van der Waals surface area contributed by atoms with Gasteiger partial charge in [-0.2, -0.15) is 0 Å². The van der Waals surface area contributed by atoms with Crippen molar-refractivity contribution in [2.75, 3.05) is 0 Å². The molecule has 1 aromatic carbocycles. The van der Waals surface area contributed by atoms with Crippen LogP contribution in [-0.4, -0.2) is 17.3 Å². The third-order valence-corrected chi connectivity index (χ3v) is 2.46. The number of hydrogen-bond donors (Lipinski definition) is 1. The van der Waals surface area contributed by atoms with Crippen LogP contribution < -0.4 is 4.74 Å². The molecule has 1 aromatic rings. The second-order valence-electron chi connectivity index (χ2n) is 3.96. The summed E-state index contributed by atoms with van der Waals surface area (Å²) in [6.45, 7) is 5.76. The molecular formula is C13H20O2. The Hall–Kier alpha value is -1.02. The fourth-order valence-corrected chi connectivity index (χ4v) is 1.34. The minimum absolute atomic E-state index is 0.165. The molecule has 0 saturated carbocycles. The van der Waals surface area contributed by atoms with E-state index in [-0.39, 0.29) is 6.10 Å². The Morgan fingerprint density at radius 3 is 2.27 bits per heavy atom. The number of aliphatic hydroxyl groups excluding tert-OH is 1. The number of rotatable bonds is 5. The average Bonchev–Trinajstić information content (AvgIpc) is 2.21. The Balaban J connectivity index is 2.56. The standard InChI is InChI=1S/C13H20O2/c1-4-5-12-6-8-13(9-7-12)15-11(3)10(2)14/h6-11,14H,4-5H2,1-3H3/t10-,11?/m1/s1. The maximum absolute atomic E-state index is 9.30. The molecule has 84 valence electrons. The van der Waals surface area contributed by atoms with E-state index in [1.165, 1.54) is 5.56 Å². The van der Waals surface area contributed by atoms with Crippen LogP contribution in [0.5, 0.6) is 5.75 Å². The van der Waals surface area contributed by atoms with E-state index in [0.29, 0.717) is 0 Å². The highest BCUT2D eigenvalue weighted by molar-refractivity contribution is 5.27. The zero-order valence-corrected chi connectivity index (χ0v) is 9.73. The molecule has 0 radical (unpaired) electrons. The molecule has 0 amide bonds. The molecule has 2 nitrogen and oxygen atoms in total. The van der Waals surface area contributed by atoms with Crippen molar-refractivity contribution >= 4 is 0 Å². The van der Waals surface area contributed by atoms with E-state index in [1.54, 1.807) is 6.92 Å². The Bertz CT molecular complexity index is 277. The highest BCUT2D eigenvalue weighted by atomic mass is 16.5. The number of benzene rings is 1. The number of hydrogen-bond acceptors (Lipinski definition) is 2. The van der Waals surface area contributed by atoms with Gasteiger partial charge in [-0.1, -0.05) is 25.5 Å². The van der Waals surface area contributed by atoms with Crippen molar-refractivity contribution in [2.24, 2.45) is 0 Å². The lowest BCUT2D eigenvalue weighted by molar-refractivity contribution is 0.0604. The third kappa shape index (κ3) is 3.92. The molecule has 0 aliphatic heterocycles. The molecule has 0 aromatic heterocycles. The summed E-state index contributed by atoms with van der Waals surface area (Å²) in [6, 6.07) is 8.08. The molecule has 0 aliphatic carbocycles. The van der Waals surface area contributed by atoms with E-state index in [2.05, 4.69) is 19.1 Å². The molecule has 0 saturated heterocycles. The van der Waals surface area contributed by atoms with Crippen LogP contribution in [0.3, 0.4) is 0 Å². The van der Waals surface area contributed by atoms with Gasteiger partial charge in [0.25, 0.3) is 0 Å². The van der Waals surface area contributed by atoms with E-state index in [0.717, 1.165) is 18.6 Å². The summed E-state index contributed by atoms with van der Waals surface area (Å²) < 4.78 is 5.56. The fourth-order valence-electron chi connectivity index (χ4n) is 1.34. The van der Waals surface area contributed by atoms with Crippen LogP contribution in [0.1, 0.15) is 32.8 Å². The summed E-state index contributed by atoms with van der Waals surface area (Å²) in [7, 11) is 0. The van der Waals surface area contributed by atoms with Crippen molar-refractivity contribution in [1.82, 2.24) is 0 Å². The van der Waals surface area contributed by atoms with E-state index in [9.17, 15) is 5.11 Å². The summed E-state index contributed by atoms with van der Waals surface area (Å²) in [5, 5.41) is 9.30. The summed E-state index contributed by atoms with van der Waals surface area (Å²) in [5.41, 5.74) is 1.33. The fraction of sp³-hybridized carbons (Fsp3) is 0.538. The first-order chi connectivity index (χ1) is 7.13. The molecule has 1 N–H and O–H groups in total. The van der Waals surface area contributed by atoms with Crippen molar-refractivity contribution in [2.45, 2.75) is 45.8 Å². The van der Waals surface area contributed by atoms with Crippen LogP contribution >= 0.6 is 0 Å². The van der Waals surface area contributed by atoms with Gasteiger partial charge in [-0.3, -0.25) is 0 Å². The van der Waals surface area contributed by atoms with E-state index < -0.39 is 6.10 Å². The van der Waals surface area contributed by atoms with Crippen molar-refractivity contribution in [3.05, 3.63) is 29.8 Å².